The van der Waals surface area contributed by atoms with Gasteiger partial charge in [0.05, 0.1) is 12.6 Å². The highest BCUT2D eigenvalue weighted by Gasteiger charge is 2.13. The van der Waals surface area contributed by atoms with Gasteiger partial charge in [-0.15, -0.1) is 0 Å². The van der Waals surface area contributed by atoms with Gasteiger partial charge in [-0.2, -0.15) is 0 Å². The zero-order valence-corrected chi connectivity index (χ0v) is 12.8. The first-order valence-corrected chi connectivity index (χ1v) is 6.95. The monoisotopic (exact) mass is 349 g/mol. The van der Waals surface area contributed by atoms with Gasteiger partial charge in [-0.05, 0) is 30.7 Å². The molecule has 0 spiro atoms. The van der Waals surface area contributed by atoms with Gasteiger partial charge in [0, 0.05) is 16.1 Å². The van der Waals surface area contributed by atoms with E-state index in [1.165, 1.54) is 5.56 Å². The summed E-state index contributed by atoms with van der Waals surface area (Å²) in [4.78, 5) is 0. The van der Waals surface area contributed by atoms with E-state index in [2.05, 4.69) is 62.3 Å². The summed E-state index contributed by atoms with van der Waals surface area (Å²) < 4.78 is 7.43. The van der Waals surface area contributed by atoms with E-state index < -0.39 is 0 Å². The first-order chi connectivity index (χ1) is 7.69. The molecule has 0 aliphatic rings. The molecule has 0 aliphatic carbocycles. The molecule has 0 fully saturated rings. The van der Waals surface area contributed by atoms with Crippen LogP contribution in [0.1, 0.15) is 24.9 Å². The van der Waals surface area contributed by atoms with E-state index in [0.717, 1.165) is 21.9 Å². The van der Waals surface area contributed by atoms with Crippen LogP contribution in [0.5, 0.6) is 0 Å². The minimum Gasteiger partial charge on any atom is -0.383 e. The zero-order valence-electron chi connectivity index (χ0n) is 9.59. The van der Waals surface area contributed by atoms with Crippen LogP contribution in [-0.2, 0) is 4.74 Å². The van der Waals surface area contributed by atoms with Crippen molar-refractivity contribution in [3.63, 3.8) is 0 Å². The van der Waals surface area contributed by atoms with Crippen molar-refractivity contribution in [2.45, 2.75) is 19.4 Å². The Kier molecular flexibility index (Phi) is 6.58. The molecule has 0 saturated carbocycles. The maximum absolute atomic E-state index is 5.25. The van der Waals surface area contributed by atoms with Crippen LogP contribution < -0.4 is 5.32 Å². The standard InChI is InChI=1S/C12H17Br2NO/c1-3-6-15-12(8-16-2)10-5-4-9(13)7-11(10)14/h4-5,7,12,15H,3,6,8H2,1-2H3. The molecule has 1 N–H and O–H groups in total. The molecular formula is C12H17Br2NO. The minimum absolute atomic E-state index is 0.243. The maximum atomic E-state index is 5.25. The molecule has 0 bridgehead atoms. The van der Waals surface area contributed by atoms with E-state index >= 15 is 0 Å². The second kappa shape index (κ2) is 7.43. The molecule has 90 valence electrons. The van der Waals surface area contributed by atoms with Crippen LogP contribution >= 0.6 is 31.9 Å². The molecule has 0 heterocycles. The molecule has 1 rings (SSSR count). The molecule has 0 aliphatic heterocycles. The van der Waals surface area contributed by atoms with Gasteiger partial charge < -0.3 is 10.1 Å². The molecule has 0 aromatic heterocycles. The number of nitrogens with one attached hydrogen (secondary N) is 1. The first kappa shape index (κ1) is 14.2. The zero-order chi connectivity index (χ0) is 12.0. The van der Waals surface area contributed by atoms with Gasteiger partial charge in [0.15, 0.2) is 0 Å². The third-order valence-corrected chi connectivity index (χ3v) is 3.49. The van der Waals surface area contributed by atoms with Crippen LogP contribution in [0.3, 0.4) is 0 Å². The van der Waals surface area contributed by atoms with Gasteiger partial charge in [0.2, 0.25) is 0 Å². The second-order valence-electron chi connectivity index (χ2n) is 3.63. The van der Waals surface area contributed by atoms with Gasteiger partial charge >= 0.3 is 0 Å². The maximum Gasteiger partial charge on any atom is 0.0658 e. The average molecular weight is 351 g/mol. The summed E-state index contributed by atoms with van der Waals surface area (Å²) in [5.41, 5.74) is 1.23. The van der Waals surface area contributed by atoms with E-state index in [4.69, 9.17) is 4.74 Å². The molecule has 2 nitrogen and oxygen atoms in total. The molecule has 0 amide bonds. The van der Waals surface area contributed by atoms with Crippen molar-refractivity contribution in [3.8, 4) is 0 Å². The summed E-state index contributed by atoms with van der Waals surface area (Å²) in [6, 6.07) is 6.47. The number of ether oxygens (including phenoxy) is 1. The predicted octanol–water partition coefficient (Wildman–Crippen LogP) is 3.90. The summed E-state index contributed by atoms with van der Waals surface area (Å²) in [7, 11) is 1.73. The number of hydrogen-bond acceptors (Lipinski definition) is 2. The lowest BCUT2D eigenvalue weighted by Gasteiger charge is -2.19. The summed E-state index contributed by atoms with van der Waals surface area (Å²) in [6.45, 7) is 3.84. The van der Waals surface area contributed by atoms with Crippen LogP contribution in [0.2, 0.25) is 0 Å². The smallest absolute Gasteiger partial charge is 0.0658 e. The van der Waals surface area contributed by atoms with Crippen LogP contribution in [0.25, 0.3) is 0 Å². The number of methoxy groups -OCH3 is 1. The third-order valence-electron chi connectivity index (χ3n) is 2.31. The minimum atomic E-state index is 0.243. The van der Waals surface area contributed by atoms with E-state index in [-0.39, 0.29) is 6.04 Å². The molecule has 1 atom stereocenters. The van der Waals surface area contributed by atoms with E-state index in [1.807, 2.05) is 0 Å². The van der Waals surface area contributed by atoms with E-state index in [0.29, 0.717) is 6.61 Å². The summed E-state index contributed by atoms with van der Waals surface area (Å²) in [6.07, 6.45) is 1.12. The fourth-order valence-electron chi connectivity index (χ4n) is 1.53. The van der Waals surface area contributed by atoms with Crippen molar-refractivity contribution in [2.24, 2.45) is 0 Å². The lowest BCUT2D eigenvalue weighted by atomic mass is 10.1. The predicted molar refractivity (Wildman–Crippen MR) is 74.8 cm³/mol. The van der Waals surface area contributed by atoms with Crippen molar-refractivity contribution in [2.75, 3.05) is 20.3 Å². The van der Waals surface area contributed by atoms with Gasteiger partial charge in [-0.25, -0.2) is 0 Å². The Balaban J connectivity index is 2.82. The van der Waals surface area contributed by atoms with Crippen molar-refractivity contribution in [1.29, 1.82) is 0 Å². The highest BCUT2D eigenvalue weighted by Crippen LogP contribution is 2.27. The highest BCUT2D eigenvalue weighted by atomic mass is 79.9. The Morgan fingerprint density at radius 2 is 2.12 bits per heavy atom. The van der Waals surface area contributed by atoms with E-state index in [9.17, 15) is 0 Å². The molecule has 16 heavy (non-hydrogen) atoms. The normalized spacial score (nSPS) is 12.8. The highest BCUT2D eigenvalue weighted by molar-refractivity contribution is 9.11. The van der Waals surface area contributed by atoms with E-state index in [1.54, 1.807) is 7.11 Å². The first-order valence-electron chi connectivity index (χ1n) is 5.36. The van der Waals surface area contributed by atoms with Crippen LogP contribution in [0.4, 0.5) is 0 Å². The van der Waals surface area contributed by atoms with Crippen molar-refractivity contribution in [1.82, 2.24) is 5.32 Å². The molecule has 4 heteroatoms. The lowest BCUT2D eigenvalue weighted by Crippen LogP contribution is -2.26. The van der Waals surface area contributed by atoms with Gasteiger partial charge in [-0.3, -0.25) is 0 Å². The number of rotatable bonds is 6. The summed E-state index contributed by atoms with van der Waals surface area (Å²) in [5.74, 6) is 0. The van der Waals surface area contributed by atoms with Crippen molar-refractivity contribution < 1.29 is 4.74 Å². The molecule has 1 aromatic rings. The van der Waals surface area contributed by atoms with Crippen molar-refractivity contribution in [3.05, 3.63) is 32.7 Å². The van der Waals surface area contributed by atoms with Gasteiger partial charge in [0.25, 0.3) is 0 Å². The van der Waals surface area contributed by atoms with Crippen LogP contribution in [0.15, 0.2) is 27.1 Å². The fraction of sp³-hybridized carbons (Fsp3) is 0.500. The lowest BCUT2D eigenvalue weighted by molar-refractivity contribution is 0.167. The topological polar surface area (TPSA) is 21.3 Å². The Morgan fingerprint density at radius 1 is 1.38 bits per heavy atom. The number of halogens is 2. The third kappa shape index (κ3) is 4.17. The molecule has 0 saturated heterocycles. The van der Waals surface area contributed by atoms with Gasteiger partial charge in [-0.1, -0.05) is 44.8 Å². The Morgan fingerprint density at radius 3 is 2.69 bits per heavy atom. The Bertz CT molecular complexity index is 331. The number of hydrogen-bond donors (Lipinski definition) is 1. The van der Waals surface area contributed by atoms with Crippen LogP contribution in [0, 0.1) is 0 Å². The SMILES string of the molecule is CCCNC(COC)c1ccc(Br)cc1Br. The fourth-order valence-corrected chi connectivity index (χ4v) is 2.85. The second-order valence-corrected chi connectivity index (χ2v) is 5.40. The summed E-state index contributed by atoms with van der Waals surface area (Å²) in [5, 5.41) is 3.48. The molecule has 1 aromatic carbocycles. The Hall–Kier alpha value is 0.1000. The summed E-state index contributed by atoms with van der Waals surface area (Å²) >= 11 is 7.04. The Labute approximate surface area is 114 Å². The van der Waals surface area contributed by atoms with Crippen LogP contribution in [-0.4, -0.2) is 20.3 Å². The molecular weight excluding hydrogens is 334 g/mol. The average Bonchev–Trinajstić information content (AvgIpc) is 2.25. The largest absolute Gasteiger partial charge is 0.383 e. The molecule has 1 unspecified atom stereocenters. The van der Waals surface area contributed by atoms with Gasteiger partial charge in [0.1, 0.15) is 0 Å². The number of benzene rings is 1. The quantitative estimate of drug-likeness (QED) is 0.840. The molecule has 0 radical (unpaired) electrons. The van der Waals surface area contributed by atoms with Crippen molar-refractivity contribution >= 4 is 31.9 Å².